The molecule has 8 heteroatoms. The summed E-state index contributed by atoms with van der Waals surface area (Å²) < 4.78 is 23.0. The molecule has 3 aromatic rings. The lowest BCUT2D eigenvalue weighted by molar-refractivity contribution is 0.102. The van der Waals surface area contributed by atoms with Crippen LogP contribution in [-0.2, 0) is 13.0 Å². The fraction of sp³-hybridized carbons (Fsp3) is 0.217. The van der Waals surface area contributed by atoms with Crippen molar-refractivity contribution < 1.29 is 13.6 Å². The van der Waals surface area contributed by atoms with E-state index in [0.717, 1.165) is 45.8 Å². The molecule has 0 saturated carbocycles. The number of hydrogen-bond donors (Lipinski definition) is 2. The van der Waals surface area contributed by atoms with Crippen molar-refractivity contribution in [3.8, 4) is 11.3 Å². The molecule has 1 aromatic heterocycles. The number of hydrogen-bond acceptors (Lipinski definition) is 3. The number of amides is 1. The van der Waals surface area contributed by atoms with Crippen LogP contribution in [0.25, 0.3) is 11.3 Å². The molecule has 0 aliphatic heterocycles. The molecule has 1 amide bonds. The fourth-order valence-corrected chi connectivity index (χ4v) is 3.68. The molecular weight excluding hydrogens is 535 g/mol. The van der Waals surface area contributed by atoms with E-state index in [1.54, 1.807) is 24.4 Å². The average Bonchev–Trinajstić information content (AvgIpc) is 2.73. The van der Waals surface area contributed by atoms with Crippen molar-refractivity contribution in [3.63, 3.8) is 0 Å². The van der Waals surface area contributed by atoms with Crippen LogP contribution in [0.5, 0.6) is 0 Å². The summed E-state index contributed by atoms with van der Waals surface area (Å²) in [5, 5.41) is 5.80. The van der Waals surface area contributed by atoms with Gasteiger partial charge in [-0.1, -0.05) is 36.7 Å². The topological polar surface area (TPSA) is 54.0 Å². The number of carbonyl (C=O) groups is 1. The highest BCUT2D eigenvalue weighted by Gasteiger charge is 2.22. The van der Waals surface area contributed by atoms with Crippen LogP contribution in [0, 0.1) is 0 Å². The molecule has 31 heavy (non-hydrogen) atoms. The van der Waals surface area contributed by atoms with E-state index in [2.05, 4.69) is 22.5 Å². The lowest BCUT2D eigenvalue weighted by Gasteiger charge is -2.13. The fourth-order valence-electron chi connectivity index (χ4n) is 3.12. The zero-order valence-electron chi connectivity index (χ0n) is 16.8. The molecular formula is C23H21ClF2IN3O. The number of aromatic nitrogens is 1. The van der Waals surface area contributed by atoms with Gasteiger partial charge in [-0.25, -0.2) is 0 Å². The van der Waals surface area contributed by atoms with E-state index in [1.165, 1.54) is 0 Å². The molecule has 0 unspecified atom stereocenters. The first-order valence-electron chi connectivity index (χ1n) is 9.68. The highest BCUT2D eigenvalue weighted by atomic mass is 127. The first-order valence-corrected chi connectivity index (χ1v) is 11.1. The minimum Gasteiger partial charge on any atom is -0.322 e. The van der Waals surface area contributed by atoms with E-state index < -0.39 is 10.5 Å². The van der Waals surface area contributed by atoms with Crippen molar-refractivity contribution in [2.24, 2.45) is 0 Å². The van der Waals surface area contributed by atoms with Gasteiger partial charge in [-0.2, -0.15) is 8.78 Å². The van der Waals surface area contributed by atoms with E-state index in [0.29, 0.717) is 16.8 Å². The monoisotopic (exact) mass is 555 g/mol. The maximum atomic E-state index is 12.9. The third-order valence-electron chi connectivity index (χ3n) is 4.62. The van der Waals surface area contributed by atoms with Crippen molar-refractivity contribution in [3.05, 3.63) is 82.5 Å². The van der Waals surface area contributed by atoms with Gasteiger partial charge in [0, 0.05) is 46.6 Å². The van der Waals surface area contributed by atoms with Gasteiger partial charge in [-0.05, 0) is 53.9 Å². The van der Waals surface area contributed by atoms with Gasteiger partial charge in [-0.15, -0.1) is 0 Å². The van der Waals surface area contributed by atoms with Crippen molar-refractivity contribution in [2.75, 3.05) is 11.9 Å². The maximum Gasteiger partial charge on any atom is 0.308 e. The van der Waals surface area contributed by atoms with Crippen molar-refractivity contribution in [2.45, 2.75) is 23.8 Å². The Labute approximate surface area is 198 Å². The number of aryl methyl sites for hydroxylation is 1. The molecule has 162 valence electrons. The number of benzene rings is 2. The minimum atomic E-state index is -2.82. The van der Waals surface area contributed by atoms with Gasteiger partial charge in [0.05, 0.1) is 22.8 Å². The molecule has 0 aliphatic rings. The lowest BCUT2D eigenvalue weighted by atomic mass is 10.0. The number of nitrogens with zero attached hydrogens (tertiary/aromatic N) is 1. The summed E-state index contributed by atoms with van der Waals surface area (Å²) in [5.74, 6) is -0.348. The van der Waals surface area contributed by atoms with E-state index in [4.69, 9.17) is 11.6 Å². The molecule has 2 N–H and O–H groups in total. The molecule has 0 spiro atoms. The molecule has 0 aliphatic carbocycles. The van der Waals surface area contributed by atoms with E-state index in [9.17, 15) is 13.6 Å². The van der Waals surface area contributed by atoms with Gasteiger partial charge in [0.2, 0.25) is 0 Å². The predicted octanol–water partition coefficient (Wildman–Crippen LogP) is 6.33. The molecule has 4 nitrogen and oxygen atoms in total. The summed E-state index contributed by atoms with van der Waals surface area (Å²) in [6.45, 7) is 1.85. The second-order valence-corrected chi connectivity index (χ2v) is 8.91. The summed E-state index contributed by atoms with van der Waals surface area (Å²) in [5.41, 5.74) is 4.58. The van der Waals surface area contributed by atoms with E-state index in [1.807, 2.05) is 36.4 Å². The quantitative estimate of drug-likeness (QED) is 0.252. The van der Waals surface area contributed by atoms with Crippen LogP contribution < -0.4 is 10.6 Å². The Morgan fingerprint density at radius 1 is 1.16 bits per heavy atom. The number of nitrogens with one attached hydrogen (secondary N) is 2. The van der Waals surface area contributed by atoms with Gasteiger partial charge in [0.1, 0.15) is 0 Å². The summed E-state index contributed by atoms with van der Waals surface area (Å²) in [6, 6.07) is 16.3. The Morgan fingerprint density at radius 2 is 1.97 bits per heavy atom. The Hall–Kier alpha value is -2.10. The number of halogens is 4. The molecule has 2 aromatic carbocycles. The molecule has 0 bridgehead atoms. The Kier molecular flexibility index (Phi) is 7.96. The number of alkyl halides is 3. The largest absolute Gasteiger partial charge is 0.322 e. The number of anilines is 1. The summed E-state index contributed by atoms with van der Waals surface area (Å²) in [6.07, 6.45) is 2.57. The van der Waals surface area contributed by atoms with Crippen LogP contribution in [0.3, 0.4) is 0 Å². The van der Waals surface area contributed by atoms with Crippen molar-refractivity contribution >= 4 is 45.8 Å². The Balaban J connectivity index is 1.74. The van der Waals surface area contributed by atoms with Crippen LogP contribution in [-0.4, -0.2) is 21.4 Å². The first-order chi connectivity index (χ1) is 14.8. The van der Waals surface area contributed by atoms with Crippen LogP contribution in [0.15, 0.2) is 60.8 Å². The number of pyridine rings is 1. The highest BCUT2D eigenvalue weighted by molar-refractivity contribution is 14.1. The van der Waals surface area contributed by atoms with Gasteiger partial charge < -0.3 is 10.6 Å². The highest BCUT2D eigenvalue weighted by Crippen LogP contribution is 2.27. The number of rotatable bonds is 8. The standard InChI is InChI=1S/C23H21ClF2IN3O/c1-2-16-7-8-17(12-19(16)21-5-3-4-10-29-21)30-22(31)18-9-6-15(11-20(18)24)13-28-14-23(25,26)27/h3-12,28H,2,13-14H2,1H3,(H,30,31). The lowest BCUT2D eigenvalue weighted by Crippen LogP contribution is -2.26. The van der Waals surface area contributed by atoms with Gasteiger partial charge >= 0.3 is 3.93 Å². The van der Waals surface area contributed by atoms with Crippen LogP contribution in [0.2, 0.25) is 5.02 Å². The molecule has 1 heterocycles. The summed E-state index contributed by atoms with van der Waals surface area (Å²) in [7, 11) is 0. The summed E-state index contributed by atoms with van der Waals surface area (Å²) in [4.78, 5) is 17.2. The van der Waals surface area contributed by atoms with Crippen molar-refractivity contribution in [1.82, 2.24) is 10.3 Å². The molecule has 3 rings (SSSR count). The minimum absolute atomic E-state index is 0.228. The second kappa shape index (κ2) is 10.5. The SMILES string of the molecule is CCc1ccc(NC(=O)c2ccc(CNCC(F)(F)I)cc2Cl)cc1-c1ccccn1. The number of carbonyl (C=O) groups excluding carboxylic acids is 1. The summed E-state index contributed by atoms with van der Waals surface area (Å²) >= 11 is 7.37. The first kappa shape index (κ1) is 23.6. The van der Waals surface area contributed by atoms with Gasteiger partial charge in [0.15, 0.2) is 0 Å². The molecule has 0 atom stereocenters. The van der Waals surface area contributed by atoms with Gasteiger partial charge in [-0.3, -0.25) is 9.78 Å². The van der Waals surface area contributed by atoms with Gasteiger partial charge in [0.25, 0.3) is 5.91 Å². The Morgan fingerprint density at radius 3 is 2.61 bits per heavy atom. The zero-order valence-corrected chi connectivity index (χ0v) is 19.7. The molecule has 0 fully saturated rings. The smallest absolute Gasteiger partial charge is 0.308 e. The molecule has 0 saturated heterocycles. The molecule has 0 radical (unpaired) electrons. The third-order valence-corrected chi connectivity index (χ3v) is 5.32. The maximum absolute atomic E-state index is 12.9. The average molecular weight is 556 g/mol. The van der Waals surface area contributed by atoms with Crippen LogP contribution in [0.4, 0.5) is 14.5 Å². The van der Waals surface area contributed by atoms with E-state index >= 15 is 0 Å². The third kappa shape index (κ3) is 6.69. The second-order valence-electron chi connectivity index (χ2n) is 6.93. The van der Waals surface area contributed by atoms with E-state index in [-0.39, 0.29) is 17.5 Å². The van der Waals surface area contributed by atoms with Crippen LogP contribution >= 0.6 is 34.2 Å². The van der Waals surface area contributed by atoms with Crippen LogP contribution in [0.1, 0.15) is 28.4 Å². The normalized spacial score (nSPS) is 11.4. The predicted molar refractivity (Wildman–Crippen MR) is 129 cm³/mol. The zero-order chi connectivity index (χ0) is 22.4. The van der Waals surface area contributed by atoms with Crippen molar-refractivity contribution in [1.29, 1.82) is 0 Å². The Bertz CT molecular complexity index is 1060.